The first-order valence-corrected chi connectivity index (χ1v) is 7.81. The van der Waals surface area contributed by atoms with Crippen LogP contribution in [0, 0.1) is 0 Å². The van der Waals surface area contributed by atoms with Gasteiger partial charge in [-0.05, 0) is 28.8 Å². The maximum atomic E-state index is 6.22. The Balaban J connectivity index is 0.00000176. The first kappa shape index (κ1) is 16.6. The minimum absolute atomic E-state index is 0. The molecule has 3 rings (SSSR count). The fraction of sp³-hybridized carbons (Fsp3) is 0.389. The van der Waals surface area contributed by atoms with Crippen LogP contribution in [0.4, 0.5) is 5.69 Å². The molecule has 1 atom stereocenters. The van der Waals surface area contributed by atoms with E-state index in [9.17, 15) is 0 Å². The Labute approximate surface area is 138 Å². The van der Waals surface area contributed by atoms with E-state index in [1.54, 1.807) is 0 Å². The standard InChI is InChI=1S/C18H23N3.ClH/c1-3-4-11-20-18(19)21-12-13(2)17-15-8-6-5-7-14(15)9-10-16(17)21;/h5-10,13H,3-4,11-12H2,1-2H3,(H2,19,20);1H. The molecule has 0 fully saturated rings. The van der Waals surface area contributed by atoms with Gasteiger partial charge in [0.25, 0.3) is 0 Å². The third-order valence-corrected chi connectivity index (χ3v) is 4.25. The van der Waals surface area contributed by atoms with Crippen LogP contribution in [0.2, 0.25) is 0 Å². The smallest absolute Gasteiger partial charge is 0.195 e. The quantitative estimate of drug-likeness (QED) is 0.521. The molecule has 1 heterocycles. The van der Waals surface area contributed by atoms with E-state index >= 15 is 0 Å². The molecule has 1 unspecified atom stereocenters. The van der Waals surface area contributed by atoms with Crippen LogP contribution in [0.15, 0.2) is 41.4 Å². The molecule has 4 heteroatoms. The lowest BCUT2D eigenvalue weighted by atomic mass is 9.96. The summed E-state index contributed by atoms with van der Waals surface area (Å²) in [5.74, 6) is 1.13. The van der Waals surface area contributed by atoms with Gasteiger partial charge in [-0.3, -0.25) is 4.99 Å². The van der Waals surface area contributed by atoms with Gasteiger partial charge in [0.2, 0.25) is 0 Å². The minimum atomic E-state index is 0. The van der Waals surface area contributed by atoms with Crippen LogP contribution in [0.5, 0.6) is 0 Å². The predicted molar refractivity (Wildman–Crippen MR) is 98.4 cm³/mol. The Morgan fingerprint density at radius 3 is 2.82 bits per heavy atom. The molecule has 0 spiro atoms. The van der Waals surface area contributed by atoms with Crippen molar-refractivity contribution < 1.29 is 0 Å². The van der Waals surface area contributed by atoms with E-state index in [1.807, 2.05) is 0 Å². The van der Waals surface area contributed by atoms with Crippen molar-refractivity contribution in [3.8, 4) is 0 Å². The van der Waals surface area contributed by atoms with Crippen molar-refractivity contribution in [1.82, 2.24) is 0 Å². The van der Waals surface area contributed by atoms with E-state index < -0.39 is 0 Å². The first-order chi connectivity index (χ1) is 10.2. The van der Waals surface area contributed by atoms with Crippen LogP contribution in [-0.4, -0.2) is 19.0 Å². The largest absolute Gasteiger partial charge is 0.370 e. The number of hydrogen-bond acceptors (Lipinski definition) is 1. The fourth-order valence-corrected chi connectivity index (χ4v) is 3.15. The van der Waals surface area contributed by atoms with Gasteiger partial charge in [0.1, 0.15) is 0 Å². The third-order valence-electron chi connectivity index (χ3n) is 4.25. The van der Waals surface area contributed by atoms with Crippen molar-refractivity contribution in [2.24, 2.45) is 10.7 Å². The summed E-state index contributed by atoms with van der Waals surface area (Å²) >= 11 is 0. The van der Waals surface area contributed by atoms with Crippen LogP contribution < -0.4 is 10.6 Å². The van der Waals surface area contributed by atoms with E-state index in [4.69, 9.17) is 5.73 Å². The van der Waals surface area contributed by atoms with Crippen molar-refractivity contribution >= 4 is 34.8 Å². The molecule has 3 nitrogen and oxygen atoms in total. The van der Waals surface area contributed by atoms with E-state index in [-0.39, 0.29) is 12.4 Å². The topological polar surface area (TPSA) is 41.6 Å². The summed E-state index contributed by atoms with van der Waals surface area (Å²) in [6, 6.07) is 12.9. The molecule has 0 radical (unpaired) electrons. The molecular weight excluding hydrogens is 294 g/mol. The average Bonchev–Trinajstić information content (AvgIpc) is 2.85. The van der Waals surface area contributed by atoms with Crippen molar-refractivity contribution in [2.75, 3.05) is 18.0 Å². The molecule has 1 aliphatic heterocycles. The third kappa shape index (κ3) is 2.91. The minimum Gasteiger partial charge on any atom is -0.370 e. The number of nitrogens with zero attached hydrogens (tertiary/aromatic N) is 2. The second kappa shape index (κ2) is 7.01. The molecule has 0 bridgehead atoms. The van der Waals surface area contributed by atoms with Gasteiger partial charge < -0.3 is 10.6 Å². The lowest BCUT2D eigenvalue weighted by molar-refractivity contribution is 0.794. The summed E-state index contributed by atoms with van der Waals surface area (Å²) < 4.78 is 0. The monoisotopic (exact) mass is 317 g/mol. The molecule has 1 aliphatic rings. The van der Waals surface area contributed by atoms with Gasteiger partial charge in [-0.25, -0.2) is 0 Å². The number of rotatable bonds is 3. The highest BCUT2D eigenvalue weighted by Crippen LogP contribution is 2.40. The van der Waals surface area contributed by atoms with Gasteiger partial charge in [0.05, 0.1) is 0 Å². The molecule has 118 valence electrons. The molecule has 2 aromatic rings. The van der Waals surface area contributed by atoms with Gasteiger partial charge in [0, 0.05) is 24.7 Å². The molecule has 2 N–H and O–H groups in total. The number of halogens is 1. The van der Waals surface area contributed by atoms with Gasteiger partial charge in [-0.15, -0.1) is 12.4 Å². The van der Waals surface area contributed by atoms with Crippen molar-refractivity contribution in [1.29, 1.82) is 0 Å². The van der Waals surface area contributed by atoms with Crippen molar-refractivity contribution in [2.45, 2.75) is 32.6 Å². The highest BCUT2D eigenvalue weighted by molar-refractivity contribution is 6.02. The second-order valence-corrected chi connectivity index (χ2v) is 5.82. The van der Waals surface area contributed by atoms with Gasteiger partial charge >= 0.3 is 0 Å². The highest BCUT2D eigenvalue weighted by atomic mass is 35.5. The Hall–Kier alpha value is -1.74. The van der Waals surface area contributed by atoms with Crippen LogP contribution in [0.25, 0.3) is 10.8 Å². The Morgan fingerprint density at radius 1 is 1.27 bits per heavy atom. The normalized spacial score (nSPS) is 17.5. The molecule has 22 heavy (non-hydrogen) atoms. The van der Waals surface area contributed by atoms with Crippen molar-refractivity contribution in [3.63, 3.8) is 0 Å². The summed E-state index contributed by atoms with van der Waals surface area (Å²) in [4.78, 5) is 6.70. The number of aliphatic imine (C=N–C) groups is 1. The Bertz CT molecular complexity index is 681. The molecule has 0 amide bonds. The maximum Gasteiger partial charge on any atom is 0.195 e. The van der Waals surface area contributed by atoms with Gasteiger partial charge in [0.15, 0.2) is 5.96 Å². The van der Waals surface area contributed by atoms with Crippen LogP contribution in [-0.2, 0) is 0 Å². The van der Waals surface area contributed by atoms with E-state index in [1.165, 1.54) is 22.0 Å². The average molecular weight is 318 g/mol. The van der Waals surface area contributed by atoms with Gasteiger partial charge in [-0.1, -0.05) is 50.6 Å². The maximum absolute atomic E-state index is 6.22. The SMILES string of the molecule is CCCCN=C(N)N1CC(C)c2c1ccc1ccccc21.Cl. The number of guanidine groups is 1. The number of hydrogen-bond donors (Lipinski definition) is 1. The highest BCUT2D eigenvalue weighted by Gasteiger charge is 2.29. The number of anilines is 1. The second-order valence-electron chi connectivity index (χ2n) is 5.82. The van der Waals surface area contributed by atoms with Crippen molar-refractivity contribution in [3.05, 3.63) is 42.0 Å². The fourth-order valence-electron chi connectivity index (χ4n) is 3.15. The molecule has 0 saturated carbocycles. The Kier molecular flexibility index (Phi) is 5.30. The van der Waals surface area contributed by atoms with E-state index in [2.05, 4.69) is 60.1 Å². The van der Waals surface area contributed by atoms with Crippen LogP contribution >= 0.6 is 12.4 Å². The molecule has 0 saturated heterocycles. The zero-order valence-electron chi connectivity index (χ0n) is 13.2. The zero-order valence-corrected chi connectivity index (χ0v) is 14.1. The first-order valence-electron chi connectivity index (χ1n) is 7.81. The molecule has 0 aliphatic carbocycles. The summed E-state index contributed by atoms with van der Waals surface area (Å²) in [6.45, 7) is 6.18. The number of nitrogens with two attached hydrogens (primary N) is 1. The lowest BCUT2D eigenvalue weighted by Gasteiger charge is -2.18. The van der Waals surface area contributed by atoms with Gasteiger partial charge in [-0.2, -0.15) is 0 Å². The van der Waals surface area contributed by atoms with Crippen LogP contribution in [0.3, 0.4) is 0 Å². The summed E-state index contributed by atoms with van der Waals surface area (Å²) in [7, 11) is 0. The zero-order chi connectivity index (χ0) is 14.8. The van der Waals surface area contributed by atoms with E-state index in [0.717, 1.165) is 25.9 Å². The summed E-state index contributed by atoms with van der Waals surface area (Å²) in [5, 5.41) is 2.64. The number of benzene rings is 2. The summed E-state index contributed by atoms with van der Waals surface area (Å²) in [6.07, 6.45) is 2.24. The number of fused-ring (bicyclic) bond motifs is 3. The molecule has 2 aromatic carbocycles. The van der Waals surface area contributed by atoms with Crippen LogP contribution in [0.1, 0.15) is 38.2 Å². The molecule has 0 aromatic heterocycles. The number of unbranched alkanes of at least 4 members (excludes halogenated alkanes) is 1. The predicted octanol–water partition coefficient (Wildman–Crippen LogP) is 4.30. The summed E-state index contributed by atoms with van der Waals surface area (Å²) in [5.41, 5.74) is 8.84. The van der Waals surface area contributed by atoms with E-state index in [0.29, 0.717) is 11.9 Å². The lowest BCUT2D eigenvalue weighted by Crippen LogP contribution is -2.36. The Morgan fingerprint density at radius 2 is 2.05 bits per heavy atom. The molecular formula is C18H24ClN3.